The van der Waals surface area contributed by atoms with Gasteiger partial charge in [-0.25, -0.2) is 14.3 Å². The van der Waals surface area contributed by atoms with Gasteiger partial charge in [0.25, 0.3) is 0 Å². The lowest BCUT2D eigenvalue weighted by Gasteiger charge is -2.10. The summed E-state index contributed by atoms with van der Waals surface area (Å²) in [6, 6.07) is 18.2. The van der Waals surface area contributed by atoms with Crippen molar-refractivity contribution in [3.63, 3.8) is 0 Å². The molecule has 29 heavy (non-hydrogen) atoms. The number of benzene rings is 2. The van der Waals surface area contributed by atoms with Gasteiger partial charge in [-0.3, -0.25) is 5.41 Å². The highest BCUT2D eigenvalue weighted by molar-refractivity contribution is 5.91. The molecular weight excluding hydrogens is 364 g/mol. The number of nitrogens with two attached hydrogens (primary N) is 1. The van der Waals surface area contributed by atoms with Gasteiger partial charge < -0.3 is 5.84 Å². The number of hydrogen-bond donors (Lipinski definition) is 2. The highest BCUT2D eigenvalue weighted by Gasteiger charge is 2.17. The Morgan fingerprint density at radius 2 is 1.69 bits per heavy atom. The van der Waals surface area contributed by atoms with Crippen LogP contribution in [0.2, 0.25) is 0 Å². The lowest BCUT2D eigenvalue weighted by atomic mass is 10.0. The molecule has 3 N–H and O–H groups in total. The van der Waals surface area contributed by atoms with Crippen LogP contribution in [-0.2, 0) is 6.42 Å². The van der Waals surface area contributed by atoms with Crippen molar-refractivity contribution >= 4 is 21.8 Å². The fourth-order valence-electron chi connectivity index (χ4n) is 3.59. The molecule has 3 aromatic heterocycles. The highest BCUT2D eigenvalue weighted by atomic mass is 15.4. The van der Waals surface area contributed by atoms with E-state index in [9.17, 15) is 0 Å². The van der Waals surface area contributed by atoms with Gasteiger partial charge in [0, 0.05) is 17.2 Å². The minimum absolute atomic E-state index is 0.150. The van der Waals surface area contributed by atoms with Gasteiger partial charge in [-0.1, -0.05) is 54.6 Å². The maximum absolute atomic E-state index is 8.24. The smallest absolute Gasteiger partial charge is 0.187 e. The zero-order chi connectivity index (χ0) is 20.0. The van der Waals surface area contributed by atoms with Gasteiger partial charge in [-0.15, -0.1) is 10.2 Å². The second kappa shape index (κ2) is 6.52. The quantitative estimate of drug-likeness (QED) is 0.465. The average molecular weight is 382 g/mol. The molecule has 0 radical (unpaired) electrons. The van der Waals surface area contributed by atoms with Crippen LogP contribution in [0.5, 0.6) is 0 Å². The highest BCUT2D eigenvalue weighted by Crippen LogP contribution is 2.25. The van der Waals surface area contributed by atoms with Crippen molar-refractivity contribution in [2.45, 2.75) is 13.3 Å². The first-order valence-electron chi connectivity index (χ1n) is 9.18. The topological polar surface area (TPSA) is 111 Å². The SMILES string of the molecule is Cc1c2c(=N)n(N)cnc2nn1-c1nnc(Cc2ccccc2)c2ccccc12. The van der Waals surface area contributed by atoms with Gasteiger partial charge in [0.15, 0.2) is 17.0 Å². The molecule has 0 spiro atoms. The molecule has 0 saturated heterocycles. The molecule has 0 aliphatic carbocycles. The molecule has 5 rings (SSSR count). The number of nitrogen functional groups attached to an aromatic ring is 1. The lowest BCUT2D eigenvalue weighted by molar-refractivity contribution is 0.797. The average Bonchev–Trinajstić information content (AvgIpc) is 3.09. The van der Waals surface area contributed by atoms with Crippen LogP contribution in [0.1, 0.15) is 17.0 Å². The number of aromatic nitrogens is 6. The summed E-state index contributed by atoms with van der Waals surface area (Å²) in [7, 11) is 0. The third kappa shape index (κ3) is 2.73. The van der Waals surface area contributed by atoms with E-state index in [0.717, 1.165) is 22.2 Å². The molecule has 3 heterocycles. The van der Waals surface area contributed by atoms with Crippen LogP contribution < -0.4 is 11.3 Å². The largest absolute Gasteiger partial charge is 0.336 e. The fourth-order valence-corrected chi connectivity index (χ4v) is 3.59. The third-order valence-corrected chi connectivity index (χ3v) is 5.06. The van der Waals surface area contributed by atoms with Gasteiger partial charge >= 0.3 is 0 Å². The summed E-state index contributed by atoms with van der Waals surface area (Å²) in [5, 5.41) is 24.4. The predicted molar refractivity (Wildman–Crippen MR) is 110 cm³/mol. The summed E-state index contributed by atoms with van der Waals surface area (Å²) in [4.78, 5) is 4.24. The normalized spacial score (nSPS) is 11.3. The first-order valence-corrected chi connectivity index (χ1v) is 9.18. The van der Waals surface area contributed by atoms with Crippen LogP contribution in [0.4, 0.5) is 0 Å². The summed E-state index contributed by atoms with van der Waals surface area (Å²) >= 11 is 0. The molecule has 142 valence electrons. The number of rotatable bonds is 3. The standard InChI is InChI=1S/C21H18N8/c1-13-18-19(22)28(23)12-24-20(18)27-29(13)21-16-10-6-5-9-15(16)17(25-26-21)11-14-7-3-2-4-8-14/h2-10,12,22H,11,23H2,1H3. The molecule has 0 amide bonds. The van der Waals surface area contributed by atoms with E-state index in [1.807, 2.05) is 49.4 Å². The van der Waals surface area contributed by atoms with Crippen molar-refractivity contribution < 1.29 is 0 Å². The Balaban J connectivity index is 1.72. The molecule has 0 bridgehead atoms. The van der Waals surface area contributed by atoms with Crippen molar-refractivity contribution in [2.24, 2.45) is 0 Å². The monoisotopic (exact) mass is 382 g/mol. The molecule has 0 aliphatic heterocycles. The molecule has 5 aromatic rings. The molecule has 8 heteroatoms. The van der Waals surface area contributed by atoms with E-state index >= 15 is 0 Å². The molecule has 0 aliphatic rings. The summed E-state index contributed by atoms with van der Waals surface area (Å²) in [6.45, 7) is 1.88. The zero-order valence-corrected chi connectivity index (χ0v) is 15.7. The van der Waals surface area contributed by atoms with Gasteiger partial charge in [-0.2, -0.15) is 5.10 Å². The van der Waals surface area contributed by atoms with Gasteiger partial charge in [-0.05, 0) is 12.5 Å². The first-order chi connectivity index (χ1) is 14.1. The summed E-state index contributed by atoms with van der Waals surface area (Å²) in [5.41, 5.74) is 3.43. The Kier molecular flexibility index (Phi) is 3.83. The van der Waals surface area contributed by atoms with Crippen molar-refractivity contribution in [1.29, 1.82) is 5.41 Å². The molecule has 0 saturated carbocycles. The van der Waals surface area contributed by atoms with Gasteiger partial charge in [0.05, 0.1) is 16.8 Å². The van der Waals surface area contributed by atoms with Gasteiger partial charge in [0.2, 0.25) is 0 Å². The number of fused-ring (bicyclic) bond motifs is 2. The second-order valence-corrected chi connectivity index (χ2v) is 6.87. The van der Waals surface area contributed by atoms with Crippen LogP contribution in [-0.4, -0.2) is 29.6 Å². The molecule has 0 atom stereocenters. The third-order valence-electron chi connectivity index (χ3n) is 5.06. The predicted octanol–water partition coefficient (Wildman–Crippen LogP) is 2.26. The number of hydrogen-bond acceptors (Lipinski definition) is 6. The van der Waals surface area contributed by atoms with Crippen LogP contribution in [0.25, 0.3) is 27.6 Å². The molecule has 0 fully saturated rings. The van der Waals surface area contributed by atoms with Crippen molar-refractivity contribution in [3.8, 4) is 5.82 Å². The Hall–Kier alpha value is -4.07. The molecule has 2 aromatic carbocycles. The first kappa shape index (κ1) is 17.1. The number of nitrogens with one attached hydrogen (secondary N) is 1. The van der Waals surface area contributed by atoms with E-state index in [1.54, 1.807) is 4.68 Å². The summed E-state index contributed by atoms with van der Waals surface area (Å²) in [5.74, 6) is 6.40. The van der Waals surface area contributed by atoms with E-state index in [0.29, 0.717) is 23.3 Å². The van der Waals surface area contributed by atoms with Crippen molar-refractivity contribution in [3.05, 3.63) is 83.4 Å². The van der Waals surface area contributed by atoms with E-state index in [-0.39, 0.29) is 5.49 Å². The second-order valence-electron chi connectivity index (χ2n) is 6.87. The van der Waals surface area contributed by atoms with Crippen LogP contribution in [0.3, 0.4) is 0 Å². The molecule has 0 unspecified atom stereocenters. The van der Waals surface area contributed by atoms with E-state index in [2.05, 4.69) is 32.4 Å². The number of aryl methyl sites for hydroxylation is 1. The molecular formula is C21H18N8. The molecule has 8 nitrogen and oxygen atoms in total. The minimum atomic E-state index is 0.150. The lowest BCUT2D eigenvalue weighted by Crippen LogP contribution is -2.27. The minimum Gasteiger partial charge on any atom is -0.336 e. The van der Waals surface area contributed by atoms with Crippen molar-refractivity contribution in [1.82, 2.24) is 29.6 Å². The summed E-state index contributed by atoms with van der Waals surface area (Å²) in [6.07, 6.45) is 2.08. The Labute approximate surface area is 165 Å². The Morgan fingerprint density at radius 3 is 2.48 bits per heavy atom. The van der Waals surface area contributed by atoms with Crippen LogP contribution in [0.15, 0.2) is 60.9 Å². The van der Waals surface area contributed by atoms with Crippen molar-refractivity contribution in [2.75, 3.05) is 5.84 Å². The van der Waals surface area contributed by atoms with E-state index in [1.165, 1.54) is 16.6 Å². The Bertz CT molecular complexity index is 1420. The van der Waals surface area contributed by atoms with E-state index < -0.39 is 0 Å². The fraction of sp³-hybridized carbons (Fsp3) is 0.0952. The Morgan fingerprint density at radius 1 is 0.966 bits per heavy atom. The van der Waals surface area contributed by atoms with Gasteiger partial charge in [0.1, 0.15) is 6.33 Å². The van der Waals surface area contributed by atoms with Crippen LogP contribution in [0, 0.1) is 12.3 Å². The maximum Gasteiger partial charge on any atom is 0.187 e. The zero-order valence-electron chi connectivity index (χ0n) is 15.7. The maximum atomic E-state index is 8.24. The number of nitrogens with zero attached hydrogens (tertiary/aromatic N) is 6. The summed E-state index contributed by atoms with van der Waals surface area (Å²) < 4.78 is 2.87. The van der Waals surface area contributed by atoms with Crippen LogP contribution >= 0.6 is 0 Å². The van der Waals surface area contributed by atoms with E-state index in [4.69, 9.17) is 11.3 Å².